The van der Waals surface area contributed by atoms with E-state index in [0.717, 1.165) is 18.5 Å². The maximum atomic E-state index is 13.4. The second-order valence-corrected chi connectivity index (χ2v) is 4.57. The van der Waals surface area contributed by atoms with Crippen LogP contribution in [0.25, 0.3) is 0 Å². The minimum atomic E-state index is -0.313. The summed E-state index contributed by atoms with van der Waals surface area (Å²) >= 11 is 0. The normalized spacial score (nSPS) is 25.1. The first-order valence-corrected chi connectivity index (χ1v) is 5.97. The number of nitrogen functional groups attached to an aromatic ring is 1. The van der Waals surface area contributed by atoms with Crippen molar-refractivity contribution in [3.8, 4) is 0 Å². The summed E-state index contributed by atoms with van der Waals surface area (Å²) in [5, 5.41) is 0. The molecule has 2 nitrogen and oxygen atoms in total. The molecule has 2 rings (SSSR count). The van der Waals surface area contributed by atoms with Crippen LogP contribution in [0.5, 0.6) is 0 Å². The zero-order chi connectivity index (χ0) is 11.7. The molecule has 16 heavy (non-hydrogen) atoms. The summed E-state index contributed by atoms with van der Waals surface area (Å²) in [7, 11) is 0. The highest BCUT2D eigenvalue weighted by atomic mass is 19.1. The van der Waals surface area contributed by atoms with Gasteiger partial charge in [0.2, 0.25) is 0 Å². The average Bonchev–Trinajstić information content (AvgIpc) is 2.64. The highest BCUT2D eigenvalue weighted by Crippen LogP contribution is 2.36. The monoisotopic (exact) mass is 222 g/mol. The van der Waals surface area contributed by atoms with Gasteiger partial charge in [-0.1, -0.05) is 13.0 Å². The Labute approximate surface area is 96.2 Å². The summed E-state index contributed by atoms with van der Waals surface area (Å²) in [6.45, 7) is 4.35. The zero-order valence-electron chi connectivity index (χ0n) is 9.91. The summed E-state index contributed by atoms with van der Waals surface area (Å²) in [4.78, 5) is 2.28. The number of hydrogen-bond donors (Lipinski definition) is 1. The van der Waals surface area contributed by atoms with Gasteiger partial charge in [-0.25, -0.2) is 4.39 Å². The van der Waals surface area contributed by atoms with Crippen molar-refractivity contribution in [2.45, 2.75) is 45.2 Å². The Morgan fingerprint density at radius 3 is 2.88 bits per heavy atom. The molecule has 0 spiro atoms. The summed E-state index contributed by atoms with van der Waals surface area (Å²) < 4.78 is 13.4. The number of anilines is 2. The topological polar surface area (TPSA) is 29.3 Å². The van der Waals surface area contributed by atoms with E-state index in [0.29, 0.717) is 12.1 Å². The van der Waals surface area contributed by atoms with Crippen molar-refractivity contribution < 1.29 is 4.39 Å². The molecule has 0 radical (unpaired) electrons. The molecule has 1 saturated heterocycles. The molecule has 2 atom stereocenters. The van der Waals surface area contributed by atoms with Gasteiger partial charge in [-0.15, -0.1) is 0 Å². The molecule has 1 fully saturated rings. The number of hydrogen-bond acceptors (Lipinski definition) is 2. The fraction of sp³-hybridized carbons (Fsp3) is 0.538. The smallest absolute Gasteiger partial charge is 0.148 e. The van der Waals surface area contributed by atoms with Crippen molar-refractivity contribution in [2.75, 3.05) is 10.6 Å². The number of rotatable bonds is 2. The molecule has 0 aromatic heterocycles. The van der Waals surface area contributed by atoms with Crippen LogP contribution in [-0.2, 0) is 0 Å². The lowest BCUT2D eigenvalue weighted by atomic mass is 10.1. The van der Waals surface area contributed by atoms with Gasteiger partial charge in [0.05, 0.1) is 11.4 Å². The number of nitrogens with two attached hydrogens (primary N) is 1. The van der Waals surface area contributed by atoms with Crippen LogP contribution in [0.2, 0.25) is 0 Å². The number of nitrogens with zero attached hydrogens (tertiary/aromatic N) is 1. The molecule has 1 aromatic carbocycles. The van der Waals surface area contributed by atoms with E-state index in [2.05, 4.69) is 18.7 Å². The third-order valence-electron chi connectivity index (χ3n) is 3.57. The van der Waals surface area contributed by atoms with E-state index in [4.69, 9.17) is 5.73 Å². The van der Waals surface area contributed by atoms with Gasteiger partial charge in [-0.2, -0.15) is 0 Å². The average molecular weight is 222 g/mol. The van der Waals surface area contributed by atoms with Crippen LogP contribution >= 0.6 is 0 Å². The molecule has 1 aromatic rings. The first kappa shape index (κ1) is 11.2. The van der Waals surface area contributed by atoms with E-state index in [1.807, 2.05) is 6.07 Å². The van der Waals surface area contributed by atoms with E-state index < -0.39 is 0 Å². The van der Waals surface area contributed by atoms with Crippen molar-refractivity contribution in [3.05, 3.63) is 24.0 Å². The van der Waals surface area contributed by atoms with E-state index in [1.165, 1.54) is 12.5 Å². The number of benzene rings is 1. The minimum absolute atomic E-state index is 0.287. The summed E-state index contributed by atoms with van der Waals surface area (Å²) in [5.41, 5.74) is 6.97. The van der Waals surface area contributed by atoms with Gasteiger partial charge in [0.15, 0.2) is 0 Å². The van der Waals surface area contributed by atoms with Gasteiger partial charge in [0, 0.05) is 12.1 Å². The molecule has 0 amide bonds. The van der Waals surface area contributed by atoms with Gasteiger partial charge in [-0.05, 0) is 38.3 Å². The van der Waals surface area contributed by atoms with Gasteiger partial charge < -0.3 is 10.6 Å². The predicted molar refractivity (Wildman–Crippen MR) is 66.1 cm³/mol. The quantitative estimate of drug-likeness (QED) is 0.779. The van der Waals surface area contributed by atoms with Gasteiger partial charge in [0.25, 0.3) is 0 Å². The van der Waals surface area contributed by atoms with Crippen molar-refractivity contribution in [1.29, 1.82) is 0 Å². The second kappa shape index (κ2) is 4.32. The molecule has 1 aliphatic rings. The molecular weight excluding hydrogens is 203 g/mol. The van der Waals surface area contributed by atoms with Crippen LogP contribution < -0.4 is 10.6 Å². The third-order valence-corrected chi connectivity index (χ3v) is 3.57. The van der Waals surface area contributed by atoms with Crippen LogP contribution in [0.4, 0.5) is 15.8 Å². The highest BCUT2D eigenvalue weighted by Gasteiger charge is 2.30. The Hall–Kier alpha value is -1.25. The molecule has 0 aliphatic carbocycles. The van der Waals surface area contributed by atoms with Crippen LogP contribution in [0.1, 0.15) is 33.1 Å². The maximum absolute atomic E-state index is 13.4. The van der Waals surface area contributed by atoms with E-state index in [-0.39, 0.29) is 11.5 Å². The Kier molecular flexibility index (Phi) is 3.03. The largest absolute Gasteiger partial charge is 0.395 e. The highest BCUT2D eigenvalue weighted by molar-refractivity contribution is 5.69. The molecular formula is C13H19FN2. The van der Waals surface area contributed by atoms with Gasteiger partial charge in [-0.3, -0.25) is 0 Å². The summed E-state index contributed by atoms with van der Waals surface area (Å²) in [6, 6.07) is 6.02. The first-order valence-electron chi connectivity index (χ1n) is 5.97. The number of para-hydroxylation sites is 1. The van der Waals surface area contributed by atoms with E-state index in [1.54, 1.807) is 6.07 Å². The second-order valence-electron chi connectivity index (χ2n) is 4.57. The van der Waals surface area contributed by atoms with Crippen LogP contribution in [0.3, 0.4) is 0 Å². The SMILES string of the molecule is CCC1CCC(C)N1c1cccc(F)c1N. The van der Waals surface area contributed by atoms with Gasteiger partial charge in [0.1, 0.15) is 5.82 Å². The third kappa shape index (κ3) is 1.75. The fourth-order valence-electron chi connectivity index (χ4n) is 2.66. The lowest BCUT2D eigenvalue weighted by Crippen LogP contribution is -2.34. The molecule has 1 heterocycles. The summed E-state index contributed by atoms with van der Waals surface area (Å²) in [6.07, 6.45) is 3.42. The van der Waals surface area contributed by atoms with E-state index >= 15 is 0 Å². The van der Waals surface area contributed by atoms with E-state index in [9.17, 15) is 4.39 Å². The molecule has 88 valence electrons. The Morgan fingerprint density at radius 2 is 2.19 bits per heavy atom. The van der Waals surface area contributed by atoms with Crippen LogP contribution in [0.15, 0.2) is 18.2 Å². The summed E-state index contributed by atoms with van der Waals surface area (Å²) in [5.74, 6) is -0.313. The van der Waals surface area contributed by atoms with Crippen molar-refractivity contribution >= 4 is 11.4 Å². The maximum Gasteiger partial charge on any atom is 0.148 e. The minimum Gasteiger partial charge on any atom is -0.395 e. The lowest BCUT2D eigenvalue weighted by Gasteiger charge is -2.31. The van der Waals surface area contributed by atoms with Crippen LogP contribution in [-0.4, -0.2) is 12.1 Å². The van der Waals surface area contributed by atoms with Crippen molar-refractivity contribution in [3.63, 3.8) is 0 Å². The lowest BCUT2D eigenvalue weighted by molar-refractivity contribution is 0.615. The van der Waals surface area contributed by atoms with Crippen molar-refractivity contribution in [2.24, 2.45) is 0 Å². The van der Waals surface area contributed by atoms with Crippen molar-refractivity contribution in [1.82, 2.24) is 0 Å². The number of halogens is 1. The Bertz CT molecular complexity index is 378. The van der Waals surface area contributed by atoms with Crippen LogP contribution in [0, 0.1) is 5.82 Å². The Balaban J connectivity index is 2.38. The Morgan fingerprint density at radius 1 is 1.44 bits per heavy atom. The fourth-order valence-corrected chi connectivity index (χ4v) is 2.66. The van der Waals surface area contributed by atoms with Gasteiger partial charge >= 0.3 is 0 Å². The predicted octanol–water partition coefficient (Wildman–Crippen LogP) is 3.18. The molecule has 2 unspecified atom stereocenters. The molecule has 1 aliphatic heterocycles. The zero-order valence-corrected chi connectivity index (χ0v) is 9.91. The molecule has 0 saturated carbocycles. The molecule has 3 heteroatoms. The standard InChI is InChI=1S/C13H19FN2/c1-3-10-8-7-9(2)16(10)12-6-4-5-11(14)13(12)15/h4-6,9-10H,3,7-8,15H2,1-2H3. The molecule has 2 N–H and O–H groups in total. The molecule has 0 bridgehead atoms. The first-order chi connectivity index (χ1) is 7.65.